The van der Waals surface area contributed by atoms with Crippen LogP contribution in [-0.4, -0.2) is 36.2 Å². The summed E-state index contributed by atoms with van der Waals surface area (Å²) in [7, 11) is 0. The highest BCUT2D eigenvalue weighted by Crippen LogP contribution is 2.42. The van der Waals surface area contributed by atoms with Gasteiger partial charge >= 0.3 is 6.09 Å². The third-order valence-electron chi connectivity index (χ3n) is 4.26. The Bertz CT molecular complexity index is 314. The van der Waals surface area contributed by atoms with Crippen molar-refractivity contribution < 1.29 is 9.53 Å². The molecule has 3 aliphatic rings. The molecular formula is C14H26N2O2. The smallest absolute Gasteiger partial charge is 0.410 e. The van der Waals surface area contributed by atoms with Gasteiger partial charge in [0.2, 0.25) is 0 Å². The highest BCUT2D eigenvalue weighted by molar-refractivity contribution is 5.68. The maximum atomic E-state index is 12.2. The van der Waals surface area contributed by atoms with Crippen molar-refractivity contribution in [1.29, 1.82) is 0 Å². The molecule has 0 unspecified atom stereocenters. The Hall–Kier alpha value is -0.770. The van der Waals surface area contributed by atoms with Crippen molar-refractivity contribution in [1.82, 2.24) is 4.90 Å². The Labute approximate surface area is 110 Å². The monoisotopic (exact) mass is 254 g/mol. The summed E-state index contributed by atoms with van der Waals surface area (Å²) >= 11 is 0. The number of fused-ring (bicyclic) bond motifs is 4. The van der Waals surface area contributed by atoms with Crippen LogP contribution in [0.1, 0.15) is 46.5 Å². The molecule has 0 aromatic rings. The topological polar surface area (TPSA) is 55.6 Å². The van der Waals surface area contributed by atoms with Gasteiger partial charge in [-0.15, -0.1) is 0 Å². The van der Waals surface area contributed by atoms with Crippen LogP contribution in [0.4, 0.5) is 4.79 Å². The van der Waals surface area contributed by atoms with Crippen LogP contribution in [0.15, 0.2) is 0 Å². The molecule has 2 bridgehead atoms. The standard InChI is InChI=1S/C14H26N2O2/c1-13(2,3)18-12(17)16-8-11-4-6-14(9-15,10-16)7-5-11/h11H,4-10,15H2,1-3H3. The lowest BCUT2D eigenvalue weighted by atomic mass is 9.72. The summed E-state index contributed by atoms with van der Waals surface area (Å²) in [6, 6.07) is 0. The van der Waals surface area contributed by atoms with Crippen LogP contribution in [-0.2, 0) is 4.74 Å². The zero-order chi connectivity index (χ0) is 13.4. The van der Waals surface area contributed by atoms with Gasteiger partial charge in [-0.25, -0.2) is 4.79 Å². The van der Waals surface area contributed by atoms with Crippen molar-refractivity contribution >= 4 is 6.09 Å². The SMILES string of the molecule is CC(C)(C)OC(=O)N1CC2CCC(CN)(CC2)C1. The minimum absolute atomic E-state index is 0.143. The second-order valence-corrected chi connectivity index (χ2v) is 7.01. The molecule has 1 saturated carbocycles. The zero-order valence-corrected chi connectivity index (χ0v) is 11.9. The van der Waals surface area contributed by atoms with Crippen molar-refractivity contribution in [2.75, 3.05) is 19.6 Å². The van der Waals surface area contributed by atoms with Crippen molar-refractivity contribution in [3.05, 3.63) is 0 Å². The minimum Gasteiger partial charge on any atom is -0.444 e. The summed E-state index contributed by atoms with van der Waals surface area (Å²) in [5, 5.41) is 0. The Balaban J connectivity index is 2.07. The number of nitrogens with zero attached hydrogens (tertiary/aromatic N) is 1. The number of hydrogen-bond acceptors (Lipinski definition) is 3. The largest absolute Gasteiger partial charge is 0.444 e. The number of rotatable bonds is 1. The van der Waals surface area contributed by atoms with E-state index in [9.17, 15) is 4.79 Å². The van der Waals surface area contributed by atoms with E-state index in [0.717, 1.165) is 25.9 Å². The summed E-state index contributed by atoms with van der Waals surface area (Å²) in [6.45, 7) is 8.03. The van der Waals surface area contributed by atoms with Gasteiger partial charge < -0.3 is 15.4 Å². The molecule has 0 aromatic carbocycles. The summed E-state index contributed by atoms with van der Waals surface area (Å²) < 4.78 is 5.49. The van der Waals surface area contributed by atoms with Crippen LogP contribution >= 0.6 is 0 Å². The van der Waals surface area contributed by atoms with Gasteiger partial charge in [-0.1, -0.05) is 0 Å². The molecule has 2 aliphatic heterocycles. The van der Waals surface area contributed by atoms with E-state index in [1.165, 1.54) is 12.8 Å². The summed E-state index contributed by atoms with van der Waals surface area (Å²) in [5.41, 5.74) is 5.68. The van der Waals surface area contributed by atoms with E-state index in [-0.39, 0.29) is 11.5 Å². The van der Waals surface area contributed by atoms with E-state index in [2.05, 4.69) is 0 Å². The van der Waals surface area contributed by atoms with Crippen molar-refractivity contribution in [2.45, 2.75) is 52.1 Å². The average Bonchev–Trinajstić information content (AvgIpc) is 2.57. The van der Waals surface area contributed by atoms with E-state index in [4.69, 9.17) is 10.5 Å². The molecule has 3 rings (SSSR count). The normalized spacial score (nSPS) is 32.2. The molecular weight excluding hydrogens is 228 g/mol. The molecule has 0 atom stereocenters. The van der Waals surface area contributed by atoms with Gasteiger partial charge in [0.05, 0.1) is 0 Å². The quantitative estimate of drug-likeness (QED) is 0.781. The fourth-order valence-electron chi connectivity index (χ4n) is 3.15. The Morgan fingerprint density at radius 3 is 2.50 bits per heavy atom. The number of hydrogen-bond donors (Lipinski definition) is 1. The lowest BCUT2D eigenvalue weighted by Crippen LogP contribution is -2.44. The maximum absolute atomic E-state index is 12.2. The van der Waals surface area contributed by atoms with Crippen LogP contribution in [0.25, 0.3) is 0 Å². The van der Waals surface area contributed by atoms with Crippen LogP contribution in [0.2, 0.25) is 0 Å². The van der Waals surface area contributed by atoms with Gasteiger partial charge in [0.25, 0.3) is 0 Å². The molecule has 18 heavy (non-hydrogen) atoms. The molecule has 0 spiro atoms. The molecule has 4 heteroatoms. The van der Waals surface area contributed by atoms with Crippen LogP contribution < -0.4 is 5.73 Å². The molecule has 2 N–H and O–H groups in total. The van der Waals surface area contributed by atoms with Crippen molar-refractivity contribution in [2.24, 2.45) is 17.1 Å². The number of ether oxygens (including phenoxy) is 1. The molecule has 104 valence electrons. The predicted octanol–water partition coefficient (Wildman–Crippen LogP) is 2.37. The molecule has 2 heterocycles. The number of nitrogens with two attached hydrogens (primary N) is 1. The van der Waals surface area contributed by atoms with Crippen molar-refractivity contribution in [3.63, 3.8) is 0 Å². The van der Waals surface area contributed by atoms with Gasteiger partial charge in [0.1, 0.15) is 5.60 Å². The van der Waals surface area contributed by atoms with E-state index in [1.54, 1.807) is 0 Å². The maximum Gasteiger partial charge on any atom is 0.410 e. The molecule has 0 radical (unpaired) electrons. The van der Waals surface area contributed by atoms with E-state index in [1.807, 2.05) is 25.7 Å². The minimum atomic E-state index is -0.418. The molecule has 1 amide bonds. The highest BCUT2D eigenvalue weighted by Gasteiger charge is 2.42. The van der Waals surface area contributed by atoms with Crippen LogP contribution in [0.3, 0.4) is 0 Å². The Kier molecular flexibility index (Phi) is 3.58. The lowest BCUT2D eigenvalue weighted by Gasteiger charge is -2.36. The van der Waals surface area contributed by atoms with Crippen LogP contribution in [0.5, 0.6) is 0 Å². The van der Waals surface area contributed by atoms with E-state index >= 15 is 0 Å². The second-order valence-electron chi connectivity index (χ2n) is 7.01. The fraction of sp³-hybridized carbons (Fsp3) is 0.929. The van der Waals surface area contributed by atoms with Gasteiger partial charge in [-0.05, 0) is 58.9 Å². The van der Waals surface area contributed by atoms with E-state index in [0.29, 0.717) is 12.5 Å². The first-order valence-electron chi connectivity index (χ1n) is 7.02. The molecule has 1 aliphatic carbocycles. The molecule has 2 saturated heterocycles. The first-order valence-corrected chi connectivity index (χ1v) is 7.02. The van der Waals surface area contributed by atoms with E-state index < -0.39 is 5.60 Å². The van der Waals surface area contributed by atoms with Gasteiger partial charge in [0, 0.05) is 18.5 Å². The summed E-state index contributed by atoms with van der Waals surface area (Å²) in [4.78, 5) is 14.1. The molecule has 3 fully saturated rings. The van der Waals surface area contributed by atoms with Gasteiger partial charge in [-0.2, -0.15) is 0 Å². The van der Waals surface area contributed by atoms with Crippen LogP contribution in [0, 0.1) is 11.3 Å². The predicted molar refractivity (Wildman–Crippen MR) is 71.3 cm³/mol. The third-order valence-corrected chi connectivity index (χ3v) is 4.26. The first kappa shape index (κ1) is 13.7. The summed E-state index contributed by atoms with van der Waals surface area (Å²) in [6.07, 6.45) is 4.56. The Morgan fingerprint density at radius 2 is 2.00 bits per heavy atom. The Morgan fingerprint density at radius 1 is 1.39 bits per heavy atom. The second kappa shape index (κ2) is 4.72. The zero-order valence-electron chi connectivity index (χ0n) is 11.9. The lowest BCUT2D eigenvalue weighted by molar-refractivity contribution is 0.0193. The fourth-order valence-corrected chi connectivity index (χ4v) is 3.15. The average molecular weight is 254 g/mol. The first-order chi connectivity index (χ1) is 8.34. The molecule has 0 aromatic heterocycles. The number of carbonyl (C=O) groups excluding carboxylic acids is 1. The van der Waals surface area contributed by atoms with Gasteiger partial charge in [-0.3, -0.25) is 0 Å². The van der Waals surface area contributed by atoms with Crippen molar-refractivity contribution in [3.8, 4) is 0 Å². The summed E-state index contributed by atoms with van der Waals surface area (Å²) in [5.74, 6) is 0.639. The highest BCUT2D eigenvalue weighted by atomic mass is 16.6. The van der Waals surface area contributed by atoms with Gasteiger partial charge in [0.15, 0.2) is 0 Å². The number of amides is 1. The molecule has 4 nitrogen and oxygen atoms in total. The third kappa shape index (κ3) is 2.97. The number of carbonyl (C=O) groups is 1.